The Bertz CT molecular complexity index is 569. The van der Waals surface area contributed by atoms with Gasteiger partial charge < -0.3 is 0 Å². The standard InChI is InChI=1S/C14H17N3OS2/c1-9(2)13-16-17-14(20-13)15-12(18)10(3)19-11-7-5-4-6-8-11/h4-10H,1-3H3,(H,15,17,18)/t10-/m0/s1. The van der Waals surface area contributed by atoms with Crippen molar-refractivity contribution in [1.82, 2.24) is 10.2 Å². The first-order valence-corrected chi connectivity index (χ1v) is 8.12. The highest BCUT2D eigenvalue weighted by molar-refractivity contribution is 8.00. The molecule has 0 fully saturated rings. The van der Waals surface area contributed by atoms with E-state index in [0.717, 1.165) is 9.90 Å². The van der Waals surface area contributed by atoms with Crippen LogP contribution in [0.5, 0.6) is 0 Å². The van der Waals surface area contributed by atoms with Gasteiger partial charge in [0.05, 0.1) is 5.25 Å². The van der Waals surface area contributed by atoms with Crippen LogP contribution in [0.15, 0.2) is 35.2 Å². The molecule has 0 unspecified atom stereocenters. The SMILES string of the molecule is CC(C)c1nnc(NC(=O)[C@H](C)Sc2ccccc2)s1. The Hall–Kier alpha value is -1.40. The molecule has 0 aliphatic heterocycles. The van der Waals surface area contributed by atoms with Gasteiger partial charge in [-0.25, -0.2) is 0 Å². The summed E-state index contributed by atoms with van der Waals surface area (Å²) in [5.41, 5.74) is 0. The zero-order valence-electron chi connectivity index (χ0n) is 11.7. The molecular formula is C14H17N3OS2. The summed E-state index contributed by atoms with van der Waals surface area (Å²) in [5.74, 6) is 0.277. The Balaban J connectivity index is 1.93. The maximum absolute atomic E-state index is 12.1. The number of nitrogens with one attached hydrogen (secondary N) is 1. The second-order valence-electron chi connectivity index (χ2n) is 4.66. The molecule has 0 spiro atoms. The Morgan fingerprint density at radius 3 is 2.50 bits per heavy atom. The van der Waals surface area contributed by atoms with Crippen LogP contribution in [0.4, 0.5) is 5.13 Å². The number of rotatable bonds is 5. The molecule has 0 saturated carbocycles. The van der Waals surface area contributed by atoms with Crippen LogP contribution in [0.25, 0.3) is 0 Å². The molecule has 1 heterocycles. The van der Waals surface area contributed by atoms with Crippen LogP contribution < -0.4 is 5.32 Å². The quantitative estimate of drug-likeness (QED) is 0.854. The van der Waals surface area contributed by atoms with Crippen LogP contribution in [0, 0.1) is 0 Å². The van der Waals surface area contributed by atoms with Crippen molar-refractivity contribution in [2.24, 2.45) is 0 Å². The van der Waals surface area contributed by atoms with Gasteiger partial charge in [0.2, 0.25) is 11.0 Å². The van der Waals surface area contributed by atoms with Gasteiger partial charge in [-0.15, -0.1) is 22.0 Å². The first-order valence-electron chi connectivity index (χ1n) is 6.42. The second kappa shape index (κ2) is 6.85. The normalized spacial score (nSPS) is 12.4. The molecule has 0 aliphatic carbocycles. The molecule has 2 aromatic rings. The number of hydrogen-bond acceptors (Lipinski definition) is 5. The molecule has 0 radical (unpaired) electrons. The minimum Gasteiger partial charge on any atom is -0.300 e. The number of hydrogen-bond donors (Lipinski definition) is 1. The number of benzene rings is 1. The molecule has 2 rings (SSSR count). The van der Waals surface area contributed by atoms with Gasteiger partial charge >= 0.3 is 0 Å². The molecular weight excluding hydrogens is 290 g/mol. The Labute approximate surface area is 127 Å². The van der Waals surface area contributed by atoms with Crippen molar-refractivity contribution < 1.29 is 4.79 Å². The number of carbonyl (C=O) groups is 1. The van der Waals surface area contributed by atoms with Crippen molar-refractivity contribution >= 4 is 34.1 Å². The fraction of sp³-hybridized carbons (Fsp3) is 0.357. The van der Waals surface area contributed by atoms with E-state index in [4.69, 9.17) is 0 Å². The molecule has 106 valence electrons. The highest BCUT2D eigenvalue weighted by Crippen LogP contribution is 2.26. The van der Waals surface area contributed by atoms with Gasteiger partial charge in [0.15, 0.2) is 0 Å². The van der Waals surface area contributed by atoms with E-state index >= 15 is 0 Å². The van der Waals surface area contributed by atoms with E-state index in [1.165, 1.54) is 23.1 Å². The lowest BCUT2D eigenvalue weighted by atomic mass is 10.2. The number of amides is 1. The van der Waals surface area contributed by atoms with Crippen molar-refractivity contribution in [2.75, 3.05) is 5.32 Å². The van der Waals surface area contributed by atoms with Crippen LogP contribution in [0.1, 0.15) is 31.7 Å². The number of aromatic nitrogens is 2. The van der Waals surface area contributed by atoms with Gasteiger partial charge in [-0.2, -0.15) is 0 Å². The summed E-state index contributed by atoms with van der Waals surface area (Å²) < 4.78 is 0. The molecule has 20 heavy (non-hydrogen) atoms. The highest BCUT2D eigenvalue weighted by Gasteiger charge is 2.17. The lowest BCUT2D eigenvalue weighted by Gasteiger charge is -2.09. The second-order valence-corrected chi connectivity index (χ2v) is 7.09. The molecule has 1 aromatic carbocycles. The number of carbonyl (C=O) groups excluding carboxylic acids is 1. The summed E-state index contributed by atoms with van der Waals surface area (Å²) in [5, 5.41) is 12.2. The molecule has 1 atom stereocenters. The molecule has 6 heteroatoms. The van der Waals surface area contributed by atoms with E-state index in [0.29, 0.717) is 11.0 Å². The lowest BCUT2D eigenvalue weighted by Crippen LogP contribution is -2.22. The lowest BCUT2D eigenvalue weighted by molar-refractivity contribution is -0.115. The van der Waals surface area contributed by atoms with Crippen LogP contribution in [0.3, 0.4) is 0 Å². The zero-order chi connectivity index (χ0) is 14.5. The van der Waals surface area contributed by atoms with E-state index in [2.05, 4.69) is 29.4 Å². The molecule has 0 bridgehead atoms. The average molecular weight is 307 g/mol. The first kappa shape index (κ1) is 15.0. The van der Waals surface area contributed by atoms with Crippen molar-refractivity contribution in [3.05, 3.63) is 35.3 Å². The fourth-order valence-electron chi connectivity index (χ4n) is 1.48. The maximum atomic E-state index is 12.1. The summed E-state index contributed by atoms with van der Waals surface area (Å²) in [6, 6.07) is 9.88. The molecule has 4 nitrogen and oxygen atoms in total. The minimum absolute atomic E-state index is 0.0506. The van der Waals surface area contributed by atoms with Crippen molar-refractivity contribution in [1.29, 1.82) is 0 Å². The summed E-state index contributed by atoms with van der Waals surface area (Å²) in [7, 11) is 0. The van der Waals surface area contributed by atoms with Crippen LogP contribution in [-0.4, -0.2) is 21.4 Å². The third-order valence-corrected chi connectivity index (χ3v) is 4.84. The van der Waals surface area contributed by atoms with Gasteiger partial charge in [0.1, 0.15) is 5.01 Å². The Morgan fingerprint density at radius 1 is 1.20 bits per heavy atom. The van der Waals surface area contributed by atoms with Crippen LogP contribution in [-0.2, 0) is 4.79 Å². The van der Waals surface area contributed by atoms with Gasteiger partial charge in [0, 0.05) is 10.8 Å². The molecule has 1 aromatic heterocycles. The van der Waals surface area contributed by atoms with E-state index in [1.54, 1.807) is 0 Å². The third kappa shape index (κ3) is 4.05. The summed E-state index contributed by atoms with van der Waals surface area (Å²) >= 11 is 2.96. The van der Waals surface area contributed by atoms with Gasteiger partial charge in [-0.3, -0.25) is 10.1 Å². The van der Waals surface area contributed by atoms with Gasteiger partial charge in [0.25, 0.3) is 0 Å². The number of nitrogens with zero attached hydrogens (tertiary/aromatic N) is 2. The minimum atomic E-state index is -0.177. The number of thioether (sulfide) groups is 1. The highest BCUT2D eigenvalue weighted by atomic mass is 32.2. The van der Waals surface area contributed by atoms with Crippen LogP contribution in [0.2, 0.25) is 0 Å². The summed E-state index contributed by atoms with van der Waals surface area (Å²) in [6.45, 7) is 6.00. The van der Waals surface area contributed by atoms with Crippen molar-refractivity contribution in [3.8, 4) is 0 Å². The topological polar surface area (TPSA) is 54.9 Å². The Kier molecular flexibility index (Phi) is 5.14. The maximum Gasteiger partial charge on any atom is 0.239 e. The van der Waals surface area contributed by atoms with Gasteiger partial charge in [-0.05, 0) is 19.1 Å². The molecule has 0 aliphatic rings. The summed E-state index contributed by atoms with van der Waals surface area (Å²) in [6.07, 6.45) is 0. The predicted octanol–water partition coefficient (Wildman–Crippen LogP) is 3.78. The van der Waals surface area contributed by atoms with Crippen LogP contribution >= 0.6 is 23.1 Å². The van der Waals surface area contributed by atoms with E-state index in [1.807, 2.05) is 37.3 Å². The Morgan fingerprint density at radius 2 is 1.90 bits per heavy atom. The summed E-state index contributed by atoms with van der Waals surface area (Å²) in [4.78, 5) is 13.2. The molecule has 0 saturated heterocycles. The monoisotopic (exact) mass is 307 g/mol. The largest absolute Gasteiger partial charge is 0.300 e. The average Bonchev–Trinajstić information content (AvgIpc) is 2.88. The third-order valence-electron chi connectivity index (χ3n) is 2.59. The van der Waals surface area contributed by atoms with Crippen molar-refractivity contribution in [3.63, 3.8) is 0 Å². The number of anilines is 1. The first-order chi connectivity index (χ1) is 9.56. The van der Waals surface area contributed by atoms with E-state index < -0.39 is 0 Å². The zero-order valence-corrected chi connectivity index (χ0v) is 13.3. The van der Waals surface area contributed by atoms with Gasteiger partial charge in [-0.1, -0.05) is 43.4 Å². The molecule has 1 N–H and O–H groups in total. The predicted molar refractivity (Wildman–Crippen MR) is 84.4 cm³/mol. The van der Waals surface area contributed by atoms with E-state index in [-0.39, 0.29) is 11.2 Å². The fourth-order valence-corrected chi connectivity index (χ4v) is 3.12. The van der Waals surface area contributed by atoms with E-state index in [9.17, 15) is 4.79 Å². The molecule has 1 amide bonds. The smallest absolute Gasteiger partial charge is 0.239 e. The van der Waals surface area contributed by atoms with Crippen molar-refractivity contribution in [2.45, 2.75) is 36.8 Å².